The van der Waals surface area contributed by atoms with E-state index in [1.54, 1.807) is 24.9 Å². The summed E-state index contributed by atoms with van der Waals surface area (Å²) in [5.41, 5.74) is 4.89. The highest BCUT2D eigenvalue weighted by Crippen LogP contribution is 2.50. The number of carbonyl (C=O) groups is 1. The third-order valence-electron chi connectivity index (χ3n) is 7.96. The quantitative estimate of drug-likeness (QED) is 0.223. The average Bonchev–Trinajstić information content (AvgIpc) is 3.44. The molecule has 40 heavy (non-hydrogen) atoms. The van der Waals surface area contributed by atoms with Crippen LogP contribution >= 0.6 is 11.8 Å². The van der Waals surface area contributed by atoms with E-state index in [9.17, 15) is 9.59 Å². The van der Waals surface area contributed by atoms with Crippen molar-refractivity contribution in [3.63, 3.8) is 0 Å². The van der Waals surface area contributed by atoms with Gasteiger partial charge in [0, 0.05) is 22.7 Å². The van der Waals surface area contributed by atoms with Crippen LogP contribution in [-0.4, -0.2) is 35.4 Å². The number of hydrogen-bond acceptors (Lipinski definition) is 6. The van der Waals surface area contributed by atoms with Gasteiger partial charge in [0.25, 0.3) is 5.56 Å². The number of carbonyl (C=O) groups excluding carboxylic acids is 1. The highest BCUT2D eigenvalue weighted by atomic mass is 32.2. The van der Waals surface area contributed by atoms with Gasteiger partial charge in [0.05, 0.1) is 36.9 Å². The first-order chi connectivity index (χ1) is 19.5. The minimum absolute atomic E-state index is 0.0535. The molecule has 4 aromatic rings. The summed E-state index contributed by atoms with van der Waals surface area (Å²) in [5, 5.41) is 3.41. The second-order valence-electron chi connectivity index (χ2n) is 10.3. The number of aromatic nitrogens is 2. The van der Waals surface area contributed by atoms with E-state index in [4.69, 9.17) is 14.5 Å². The molecule has 1 spiro atoms. The van der Waals surface area contributed by atoms with Gasteiger partial charge in [0.15, 0.2) is 5.16 Å². The molecule has 0 saturated heterocycles. The number of nitrogens with zero attached hydrogens (tertiary/aromatic N) is 2. The van der Waals surface area contributed by atoms with Crippen molar-refractivity contribution in [1.82, 2.24) is 9.55 Å². The fraction of sp³-hybridized carbons (Fsp3) is 0.281. The van der Waals surface area contributed by atoms with Crippen LogP contribution in [0.5, 0.6) is 11.5 Å². The third-order valence-corrected chi connectivity index (χ3v) is 8.90. The second-order valence-corrected chi connectivity index (χ2v) is 11.3. The van der Waals surface area contributed by atoms with Gasteiger partial charge in [-0.2, -0.15) is 0 Å². The van der Waals surface area contributed by atoms with Crippen molar-refractivity contribution in [2.75, 3.05) is 25.3 Å². The maximum Gasteiger partial charge on any atom is 0.263 e. The topological polar surface area (TPSA) is 82.4 Å². The van der Waals surface area contributed by atoms with E-state index in [0.717, 1.165) is 48.9 Å². The Labute approximate surface area is 237 Å². The number of benzene rings is 3. The number of ether oxygens (including phenoxy) is 2. The minimum atomic E-state index is -0.213. The molecule has 0 atom stereocenters. The molecule has 3 aromatic carbocycles. The Morgan fingerprint density at radius 2 is 1.73 bits per heavy atom. The number of methoxy groups -OCH3 is 2. The molecule has 6 rings (SSSR count). The lowest BCUT2D eigenvalue weighted by Gasteiger charge is -2.36. The highest BCUT2D eigenvalue weighted by molar-refractivity contribution is 7.99. The Hall–Kier alpha value is -4.04. The third kappa shape index (κ3) is 4.77. The molecule has 0 radical (unpaired) electrons. The molecular formula is C32H31N3O4S. The molecule has 1 fully saturated rings. The van der Waals surface area contributed by atoms with Gasteiger partial charge in [-0.1, -0.05) is 54.9 Å². The molecule has 1 amide bonds. The summed E-state index contributed by atoms with van der Waals surface area (Å²) in [6.45, 7) is 0. The van der Waals surface area contributed by atoms with Gasteiger partial charge in [-0.25, -0.2) is 4.98 Å². The summed E-state index contributed by atoms with van der Waals surface area (Å²) in [7, 11) is 3.20. The van der Waals surface area contributed by atoms with E-state index in [0.29, 0.717) is 28.0 Å². The molecule has 8 heteroatoms. The molecule has 1 heterocycles. The van der Waals surface area contributed by atoms with Crippen molar-refractivity contribution in [2.24, 2.45) is 0 Å². The Morgan fingerprint density at radius 1 is 0.975 bits per heavy atom. The van der Waals surface area contributed by atoms with Crippen LogP contribution in [0.3, 0.4) is 0 Å². The van der Waals surface area contributed by atoms with E-state index >= 15 is 0 Å². The van der Waals surface area contributed by atoms with Crippen LogP contribution in [0.15, 0.2) is 82.7 Å². The molecule has 0 unspecified atom stereocenters. The first-order valence-electron chi connectivity index (χ1n) is 13.5. The Balaban J connectivity index is 1.44. The molecule has 204 valence electrons. The van der Waals surface area contributed by atoms with E-state index in [2.05, 4.69) is 23.5 Å². The zero-order valence-electron chi connectivity index (χ0n) is 22.6. The van der Waals surface area contributed by atoms with Crippen molar-refractivity contribution in [1.29, 1.82) is 0 Å². The zero-order valence-corrected chi connectivity index (χ0v) is 23.4. The fourth-order valence-electron chi connectivity index (χ4n) is 6.10. The van der Waals surface area contributed by atoms with Crippen LogP contribution in [-0.2, 0) is 16.6 Å². The number of fused-ring (bicyclic) bond motifs is 4. The average molecular weight is 554 g/mol. The first kappa shape index (κ1) is 26.2. The molecule has 1 aromatic heterocycles. The maximum absolute atomic E-state index is 14.5. The van der Waals surface area contributed by atoms with Crippen molar-refractivity contribution in [3.8, 4) is 28.4 Å². The Morgan fingerprint density at radius 3 is 2.48 bits per heavy atom. The summed E-state index contributed by atoms with van der Waals surface area (Å²) < 4.78 is 12.3. The normalized spacial score (nSPS) is 14.8. The standard InChI is InChI=1S/C32H31N3O4S/c1-38-24-14-12-23(13-15-24)35-30(37)28-29(26-11-4-3-8-21(26)19-32(28)16-5-6-17-32)34-31(35)40-20-27(36)33-22-9-7-10-25(18-22)39-2/h3-4,7-15,18H,5-6,16-17,19-20H2,1-2H3,(H,33,36). The van der Waals surface area contributed by atoms with E-state index in [1.165, 1.54) is 17.3 Å². The molecule has 0 aliphatic heterocycles. The first-order valence-corrected chi connectivity index (χ1v) is 14.5. The van der Waals surface area contributed by atoms with Crippen LogP contribution in [0.4, 0.5) is 5.69 Å². The molecule has 7 nitrogen and oxygen atoms in total. The van der Waals surface area contributed by atoms with Gasteiger partial charge in [-0.3, -0.25) is 14.2 Å². The van der Waals surface area contributed by atoms with Gasteiger partial charge in [-0.05, 0) is 61.2 Å². The van der Waals surface area contributed by atoms with Crippen molar-refractivity contribution in [2.45, 2.75) is 42.7 Å². The smallest absolute Gasteiger partial charge is 0.263 e. The fourth-order valence-corrected chi connectivity index (χ4v) is 6.90. The summed E-state index contributed by atoms with van der Waals surface area (Å²) in [4.78, 5) is 32.7. The molecule has 0 bridgehead atoms. The summed E-state index contributed by atoms with van der Waals surface area (Å²) in [5.74, 6) is 1.26. The van der Waals surface area contributed by atoms with Crippen LogP contribution in [0.25, 0.3) is 16.9 Å². The number of anilines is 1. The minimum Gasteiger partial charge on any atom is -0.497 e. The zero-order chi connectivity index (χ0) is 27.7. The second kappa shape index (κ2) is 10.8. The molecule has 1 N–H and O–H groups in total. The van der Waals surface area contributed by atoms with Crippen molar-refractivity contribution < 1.29 is 14.3 Å². The Kier molecular flexibility index (Phi) is 7.11. The number of amides is 1. The molecule has 2 aliphatic carbocycles. The molecular weight excluding hydrogens is 522 g/mol. The lowest BCUT2D eigenvalue weighted by Crippen LogP contribution is -2.40. The van der Waals surface area contributed by atoms with E-state index in [1.807, 2.05) is 48.5 Å². The van der Waals surface area contributed by atoms with Gasteiger partial charge in [0.1, 0.15) is 11.5 Å². The van der Waals surface area contributed by atoms with E-state index < -0.39 is 0 Å². The van der Waals surface area contributed by atoms with Crippen LogP contribution in [0.2, 0.25) is 0 Å². The van der Waals surface area contributed by atoms with Gasteiger partial charge < -0.3 is 14.8 Å². The largest absolute Gasteiger partial charge is 0.497 e. The van der Waals surface area contributed by atoms with Gasteiger partial charge in [-0.15, -0.1) is 0 Å². The lowest BCUT2D eigenvalue weighted by molar-refractivity contribution is -0.113. The maximum atomic E-state index is 14.5. The van der Waals surface area contributed by atoms with Crippen molar-refractivity contribution in [3.05, 3.63) is 94.3 Å². The van der Waals surface area contributed by atoms with E-state index in [-0.39, 0.29) is 22.6 Å². The highest BCUT2D eigenvalue weighted by Gasteiger charge is 2.44. The number of hydrogen-bond donors (Lipinski definition) is 1. The van der Waals surface area contributed by atoms with Crippen molar-refractivity contribution >= 4 is 23.4 Å². The number of rotatable bonds is 7. The molecule has 2 aliphatic rings. The van der Waals surface area contributed by atoms with Crippen LogP contribution < -0.4 is 20.3 Å². The summed E-state index contributed by atoms with van der Waals surface area (Å²) in [6, 6.07) is 22.9. The monoisotopic (exact) mass is 553 g/mol. The summed E-state index contributed by atoms with van der Waals surface area (Å²) in [6.07, 6.45) is 5.01. The number of thioether (sulfide) groups is 1. The summed E-state index contributed by atoms with van der Waals surface area (Å²) >= 11 is 1.26. The SMILES string of the molecule is COc1ccc(-n2c(SCC(=O)Nc3cccc(OC)c3)nc3c(c2=O)C2(CCCC2)Cc2ccccc2-3)cc1. The van der Waals surface area contributed by atoms with Crippen LogP contribution in [0.1, 0.15) is 36.8 Å². The predicted molar refractivity (Wildman–Crippen MR) is 158 cm³/mol. The molecule has 1 saturated carbocycles. The van der Waals surface area contributed by atoms with Gasteiger partial charge in [0.2, 0.25) is 5.91 Å². The predicted octanol–water partition coefficient (Wildman–Crippen LogP) is 6.02. The number of nitrogens with one attached hydrogen (secondary N) is 1. The lowest BCUT2D eigenvalue weighted by atomic mass is 9.68. The van der Waals surface area contributed by atoms with Crippen LogP contribution in [0, 0.1) is 0 Å². The van der Waals surface area contributed by atoms with Gasteiger partial charge >= 0.3 is 0 Å². The Bertz CT molecular complexity index is 1620.